The molecule has 1 aromatic rings. The topological polar surface area (TPSA) is 101 Å². The Balaban J connectivity index is 3.24. The third kappa shape index (κ3) is 3.34. The highest BCUT2D eigenvalue weighted by Crippen LogP contribution is 2.20. The third-order valence-corrected chi connectivity index (χ3v) is 4.65. The molecule has 1 N–H and O–H groups in total. The van der Waals surface area contributed by atoms with Crippen LogP contribution in [-0.4, -0.2) is 50.5 Å². The van der Waals surface area contributed by atoms with Gasteiger partial charge < -0.3 is 9.84 Å². The lowest BCUT2D eigenvalue weighted by Crippen LogP contribution is -2.33. The van der Waals surface area contributed by atoms with E-state index in [-0.39, 0.29) is 10.5 Å². The minimum absolute atomic E-state index is 0.138. The van der Waals surface area contributed by atoms with Crippen molar-refractivity contribution in [2.45, 2.75) is 11.8 Å². The zero-order valence-electron chi connectivity index (χ0n) is 11.3. The summed E-state index contributed by atoms with van der Waals surface area (Å²) in [6.45, 7) is 1.10. The highest BCUT2D eigenvalue weighted by molar-refractivity contribution is 7.89. The molecule has 0 aliphatic heterocycles. The van der Waals surface area contributed by atoms with E-state index in [0.717, 1.165) is 17.5 Å². The Morgan fingerprint density at radius 1 is 1.35 bits per heavy atom. The predicted octanol–water partition coefficient (Wildman–Crippen LogP) is 0.487. The van der Waals surface area contributed by atoms with Crippen LogP contribution in [0.4, 0.5) is 0 Å². The normalized spacial score (nSPS) is 11.4. The van der Waals surface area contributed by atoms with Crippen LogP contribution < -0.4 is 0 Å². The molecule has 0 radical (unpaired) electrons. The number of ether oxygens (including phenoxy) is 1. The highest BCUT2D eigenvalue weighted by atomic mass is 32.2. The molecule has 0 amide bonds. The number of carbonyl (C=O) groups is 2. The van der Waals surface area contributed by atoms with Gasteiger partial charge in [0.05, 0.1) is 17.6 Å². The maximum atomic E-state index is 12.3. The zero-order valence-corrected chi connectivity index (χ0v) is 12.1. The monoisotopic (exact) mass is 301 g/mol. The molecular weight excluding hydrogens is 286 g/mol. The average Bonchev–Trinajstić information content (AvgIpc) is 2.38. The molecule has 1 aromatic carbocycles. The van der Waals surface area contributed by atoms with Gasteiger partial charge in [-0.1, -0.05) is 6.07 Å². The molecule has 110 valence electrons. The Morgan fingerprint density at radius 3 is 2.45 bits per heavy atom. The number of sulfonamides is 1. The smallest absolute Gasteiger partial charge is 0.335 e. The van der Waals surface area contributed by atoms with Crippen molar-refractivity contribution in [1.29, 1.82) is 0 Å². The Bertz CT molecular complexity index is 637. The molecule has 8 heteroatoms. The number of likely N-dealkylation sites (N-methyl/N-ethyl adjacent to an activating group) is 1. The van der Waals surface area contributed by atoms with Gasteiger partial charge in [0, 0.05) is 7.05 Å². The standard InChI is InChI=1S/C12H15NO6S/c1-8-4-5-9(12(15)16)6-10(8)20(17,18)13(2)7-11(14)19-3/h4-6H,7H2,1-3H3,(H,15,16). The van der Waals surface area contributed by atoms with E-state index >= 15 is 0 Å². The highest BCUT2D eigenvalue weighted by Gasteiger charge is 2.25. The van der Waals surface area contributed by atoms with Crippen LogP contribution in [0.3, 0.4) is 0 Å². The molecule has 0 bridgehead atoms. The number of esters is 1. The number of hydrogen-bond donors (Lipinski definition) is 1. The summed E-state index contributed by atoms with van der Waals surface area (Å²) < 4.78 is 29.8. The molecule has 0 atom stereocenters. The number of rotatable bonds is 5. The lowest BCUT2D eigenvalue weighted by Gasteiger charge is -2.17. The molecule has 0 aromatic heterocycles. The van der Waals surface area contributed by atoms with E-state index in [4.69, 9.17) is 5.11 Å². The summed E-state index contributed by atoms with van der Waals surface area (Å²) in [5, 5.41) is 8.91. The second-order valence-corrected chi connectivity index (χ2v) is 6.14. The summed E-state index contributed by atoms with van der Waals surface area (Å²) in [7, 11) is -1.59. The van der Waals surface area contributed by atoms with Gasteiger partial charge in [-0.15, -0.1) is 0 Å². The maximum absolute atomic E-state index is 12.3. The van der Waals surface area contributed by atoms with Crippen LogP contribution in [0.5, 0.6) is 0 Å². The van der Waals surface area contributed by atoms with Crippen molar-refractivity contribution in [3.63, 3.8) is 0 Å². The van der Waals surface area contributed by atoms with Gasteiger partial charge in [-0.3, -0.25) is 4.79 Å². The number of aryl methyl sites for hydroxylation is 1. The van der Waals surface area contributed by atoms with Crippen LogP contribution in [0, 0.1) is 6.92 Å². The molecule has 0 spiro atoms. The van der Waals surface area contributed by atoms with Gasteiger partial charge in [0.1, 0.15) is 6.54 Å². The van der Waals surface area contributed by atoms with Crippen molar-refractivity contribution in [2.24, 2.45) is 0 Å². The van der Waals surface area contributed by atoms with Gasteiger partial charge in [-0.05, 0) is 24.6 Å². The van der Waals surface area contributed by atoms with E-state index in [9.17, 15) is 18.0 Å². The number of carboxylic acids is 1. The second-order valence-electron chi connectivity index (χ2n) is 4.12. The molecule has 0 aliphatic carbocycles. The Kier molecular flexibility index (Phi) is 4.85. The molecule has 0 saturated carbocycles. The fraction of sp³-hybridized carbons (Fsp3) is 0.333. The average molecular weight is 301 g/mol. The number of hydrogen-bond acceptors (Lipinski definition) is 5. The van der Waals surface area contributed by atoms with Crippen LogP contribution in [0.1, 0.15) is 15.9 Å². The van der Waals surface area contributed by atoms with E-state index in [2.05, 4.69) is 4.74 Å². The molecular formula is C12H15NO6S. The summed E-state index contributed by atoms with van der Waals surface area (Å²) in [6, 6.07) is 3.79. The lowest BCUT2D eigenvalue weighted by atomic mass is 10.1. The minimum atomic E-state index is -3.96. The van der Waals surface area contributed by atoms with Crippen molar-refractivity contribution in [1.82, 2.24) is 4.31 Å². The predicted molar refractivity (Wildman–Crippen MR) is 70.0 cm³/mol. The number of carboxylic acid groups (broad SMARTS) is 1. The van der Waals surface area contributed by atoms with Gasteiger partial charge in [0.2, 0.25) is 10.0 Å². The van der Waals surface area contributed by atoms with Crippen molar-refractivity contribution in [3.8, 4) is 0 Å². The molecule has 0 fully saturated rings. The fourth-order valence-electron chi connectivity index (χ4n) is 1.51. The van der Waals surface area contributed by atoms with E-state index in [1.165, 1.54) is 19.2 Å². The van der Waals surface area contributed by atoms with Crippen molar-refractivity contribution in [3.05, 3.63) is 29.3 Å². The zero-order chi connectivity index (χ0) is 15.5. The summed E-state index contributed by atoms with van der Waals surface area (Å²) in [4.78, 5) is 21.9. The lowest BCUT2D eigenvalue weighted by molar-refractivity contribution is -0.140. The quantitative estimate of drug-likeness (QED) is 0.794. The van der Waals surface area contributed by atoms with Gasteiger partial charge in [-0.2, -0.15) is 4.31 Å². The molecule has 0 saturated heterocycles. The molecule has 0 aliphatic rings. The van der Waals surface area contributed by atoms with Crippen LogP contribution in [0.25, 0.3) is 0 Å². The largest absolute Gasteiger partial charge is 0.478 e. The van der Waals surface area contributed by atoms with Gasteiger partial charge in [0.15, 0.2) is 0 Å². The first-order valence-electron chi connectivity index (χ1n) is 5.57. The Hall–Kier alpha value is -1.93. The van der Waals surface area contributed by atoms with Crippen molar-refractivity contribution < 1.29 is 27.9 Å². The molecule has 1 rings (SSSR count). The minimum Gasteiger partial charge on any atom is -0.478 e. The molecule has 20 heavy (non-hydrogen) atoms. The number of carbonyl (C=O) groups excluding carboxylic acids is 1. The summed E-state index contributed by atoms with van der Waals surface area (Å²) in [6.07, 6.45) is 0. The van der Waals surface area contributed by atoms with Crippen LogP contribution in [0.2, 0.25) is 0 Å². The molecule has 7 nitrogen and oxygen atoms in total. The molecule has 0 unspecified atom stereocenters. The number of aromatic carboxylic acids is 1. The van der Waals surface area contributed by atoms with Crippen LogP contribution >= 0.6 is 0 Å². The fourth-order valence-corrected chi connectivity index (χ4v) is 2.87. The summed E-state index contributed by atoms with van der Waals surface area (Å²) in [5.41, 5.74) is 0.257. The van der Waals surface area contributed by atoms with E-state index in [1.807, 2.05) is 0 Å². The first-order valence-corrected chi connectivity index (χ1v) is 7.01. The van der Waals surface area contributed by atoms with E-state index < -0.39 is 28.5 Å². The number of nitrogens with zero attached hydrogens (tertiary/aromatic N) is 1. The SMILES string of the molecule is COC(=O)CN(C)S(=O)(=O)c1cc(C(=O)O)ccc1C. The molecule has 0 heterocycles. The third-order valence-electron chi connectivity index (χ3n) is 2.70. The first kappa shape index (κ1) is 16.1. The number of benzene rings is 1. The van der Waals surface area contributed by atoms with Crippen LogP contribution in [0.15, 0.2) is 23.1 Å². The summed E-state index contributed by atoms with van der Waals surface area (Å²) >= 11 is 0. The van der Waals surface area contributed by atoms with Gasteiger partial charge in [-0.25, -0.2) is 13.2 Å². The first-order chi connectivity index (χ1) is 9.20. The summed E-state index contributed by atoms with van der Waals surface area (Å²) in [5.74, 6) is -1.93. The Morgan fingerprint density at radius 2 is 1.95 bits per heavy atom. The van der Waals surface area contributed by atoms with Crippen molar-refractivity contribution in [2.75, 3.05) is 20.7 Å². The van der Waals surface area contributed by atoms with Gasteiger partial charge >= 0.3 is 11.9 Å². The maximum Gasteiger partial charge on any atom is 0.335 e. The second kappa shape index (κ2) is 6.02. The van der Waals surface area contributed by atoms with E-state index in [1.54, 1.807) is 6.92 Å². The van der Waals surface area contributed by atoms with Crippen LogP contribution in [-0.2, 0) is 19.6 Å². The Labute approximate surface area is 116 Å². The van der Waals surface area contributed by atoms with E-state index in [0.29, 0.717) is 5.56 Å². The number of methoxy groups -OCH3 is 1. The van der Waals surface area contributed by atoms with Gasteiger partial charge in [0.25, 0.3) is 0 Å². The van der Waals surface area contributed by atoms with Crippen molar-refractivity contribution >= 4 is 22.0 Å².